The lowest BCUT2D eigenvalue weighted by atomic mass is 9.97. The summed E-state index contributed by atoms with van der Waals surface area (Å²) in [6.07, 6.45) is 0.0130. The number of alkyl halides is 3. The number of aliphatic hydroxyl groups is 1. The molecular weight excluding hydrogens is 403 g/mol. The van der Waals surface area contributed by atoms with Crippen molar-refractivity contribution in [1.29, 1.82) is 0 Å². The van der Waals surface area contributed by atoms with Crippen LogP contribution in [0.4, 0.5) is 18.9 Å². The fourth-order valence-electron chi connectivity index (χ4n) is 3.54. The molecule has 3 rings (SSSR count). The van der Waals surface area contributed by atoms with Gasteiger partial charge in [0.05, 0.1) is 19.6 Å². The Morgan fingerprint density at radius 1 is 1.30 bits per heavy atom. The zero-order chi connectivity index (χ0) is 21.9. The minimum atomic E-state index is -5.10. The van der Waals surface area contributed by atoms with E-state index in [4.69, 9.17) is 9.47 Å². The lowest BCUT2D eigenvalue weighted by Gasteiger charge is -2.29. The number of hydrogen-bond donors (Lipinski definition) is 2. The molecule has 1 saturated carbocycles. The van der Waals surface area contributed by atoms with Crippen LogP contribution in [0.1, 0.15) is 37.9 Å². The SMILES string of the molecule is COc1ccc(NC(=O)CC(O)(c2nccn2C)C(F)(F)F)cc1OC1CCCC1. The summed E-state index contributed by atoms with van der Waals surface area (Å²) < 4.78 is 53.1. The predicted octanol–water partition coefficient (Wildman–Crippen LogP) is 3.53. The Hall–Kier alpha value is -2.75. The molecule has 1 fully saturated rings. The molecule has 1 heterocycles. The van der Waals surface area contributed by atoms with E-state index in [0.717, 1.165) is 36.4 Å². The number of aromatic nitrogens is 2. The van der Waals surface area contributed by atoms with Gasteiger partial charge in [-0.3, -0.25) is 4.79 Å². The number of ether oxygens (including phenoxy) is 2. The first kappa shape index (κ1) is 21.9. The summed E-state index contributed by atoms with van der Waals surface area (Å²) >= 11 is 0. The molecule has 0 aliphatic heterocycles. The van der Waals surface area contributed by atoms with Crippen molar-refractivity contribution in [3.8, 4) is 11.5 Å². The normalized spacial score (nSPS) is 16.9. The van der Waals surface area contributed by atoms with Crippen LogP contribution >= 0.6 is 0 Å². The number of methoxy groups -OCH3 is 1. The van der Waals surface area contributed by atoms with Crippen molar-refractivity contribution in [1.82, 2.24) is 9.55 Å². The van der Waals surface area contributed by atoms with Crippen LogP contribution in [0, 0.1) is 0 Å². The summed E-state index contributed by atoms with van der Waals surface area (Å²) in [5.74, 6) is -0.822. The van der Waals surface area contributed by atoms with Crippen LogP contribution in [0.15, 0.2) is 30.6 Å². The molecule has 0 bridgehead atoms. The van der Waals surface area contributed by atoms with Crippen LogP contribution in [0.2, 0.25) is 0 Å². The monoisotopic (exact) mass is 427 g/mol. The number of carbonyl (C=O) groups excluding carboxylic acids is 1. The average Bonchev–Trinajstić information content (AvgIpc) is 3.32. The van der Waals surface area contributed by atoms with E-state index in [1.54, 1.807) is 6.07 Å². The number of carbonyl (C=O) groups is 1. The second-order valence-corrected chi connectivity index (χ2v) is 7.33. The molecule has 1 aliphatic rings. The van der Waals surface area contributed by atoms with Crippen LogP contribution in [-0.4, -0.2) is 40.0 Å². The first-order chi connectivity index (χ1) is 14.1. The highest BCUT2D eigenvalue weighted by atomic mass is 19.4. The van der Waals surface area contributed by atoms with Crippen molar-refractivity contribution in [2.24, 2.45) is 7.05 Å². The van der Waals surface area contributed by atoms with E-state index in [0.29, 0.717) is 11.5 Å². The first-order valence-corrected chi connectivity index (χ1v) is 9.55. The third-order valence-corrected chi connectivity index (χ3v) is 5.12. The molecule has 2 N–H and O–H groups in total. The molecule has 30 heavy (non-hydrogen) atoms. The maximum atomic E-state index is 13.6. The Labute approximate surface area is 171 Å². The van der Waals surface area contributed by atoms with Gasteiger partial charge in [0.2, 0.25) is 11.5 Å². The van der Waals surface area contributed by atoms with E-state index in [1.165, 1.54) is 32.5 Å². The molecule has 1 aromatic heterocycles. The molecular formula is C20H24F3N3O4. The number of nitrogens with one attached hydrogen (secondary N) is 1. The lowest BCUT2D eigenvalue weighted by Crippen LogP contribution is -2.46. The molecule has 1 amide bonds. The summed E-state index contributed by atoms with van der Waals surface area (Å²) in [4.78, 5) is 16.0. The molecule has 164 valence electrons. The highest BCUT2D eigenvalue weighted by Crippen LogP contribution is 2.41. The van der Waals surface area contributed by atoms with Crippen LogP contribution in [0.5, 0.6) is 11.5 Å². The van der Waals surface area contributed by atoms with Crippen LogP contribution in [0.3, 0.4) is 0 Å². The van der Waals surface area contributed by atoms with Gasteiger partial charge in [-0.2, -0.15) is 13.2 Å². The number of aryl methyl sites for hydroxylation is 1. The molecule has 7 nitrogen and oxygen atoms in total. The van der Waals surface area contributed by atoms with Gasteiger partial charge in [-0.1, -0.05) is 0 Å². The van der Waals surface area contributed by atoms with E-state index in [2.05, 4.69) is 10.3 Å². The van der Waals surface area contributed by atoms with Gasteiger partial charge in [0.25, 0.3) is 0 Å². The minimum Gasteiger partial charge on any atom is -0.493 e. The van der Waals surface area contributed by atoms with Gasteiger partial charge in [0.15, 0.2) is 17.3 Å². The number of imidazole rings is 1. The fourth-order valence-corrected chi connectivity index (χ4v) is 3.54. The Bertz CT molecular complexity index is 894. The van der Waals surface area contributed by atoms with Gasteiger partial charge in [0, 0.05) is 31.2 Å². The first-order valence-electron chi connectivity index (χ1n) is 9.55. The highest BCUT2D eigenvalue weighted by molar-refractivity contribution is 5.91. The standard InChI is InChI=1S/C20H24F3N3O4/c1-26-10-9-24-18(26)19(28,20(21,22)23)12-17(27)25-13-7-8-15(29-2)16(11-13)30-14-5-3-4-6-14/h7-11,14,28H,3-6,12H2,1-2H3,(H,25,27). The van der Waals surface area contributed by atoms with Gasteiger partial charge < -0.3 is 24.5 Å². The van der Waals surface area contributed by atoms with Crippen molar-refractivity contribution in [2.45, 2.75) is 50.0 Å². The average molecular weight is 427 g/mol. The summed E-state index contributed by atoms with van der Waals surface area (Å²) in [5, 5.41) is 12.7. The number of halogens is 3. The Kier molecular flexibility index (Phi) is 6.25. The summed E-state index contributed by atoms with van der Waals surface area (Å²) in [5.41, 5.74) is -3.19. The molecule has 0 radical (unpaired) electrons. The third-order valence-electron chi connectivity index (χ3n) is 5.12. The highest BCUT2D eigenvalue weighted by Gasteiger charge is 2.58. The van der Waals surface area contributed by atoms with Crippen molar-refractivity contribution in [2.75, 3.05) is 12.4 Å². The van der Waals surface area contributed by atoms with Crippen LogP contribution in [-0.2, 0) is 17.4 Å². The lowest BCUT2D eigenvalue weighted by molar-refractivity contribution is -0.270. The summed E-state index contributed by atoms with van der Waals surface area (Å²) in [6.45, 7) is 0. The van der Waals surface area contributed by atoms with Gasteiger partial charge in [0.1, 0.15) is 0 Å². The Morgan fingerprint density at radius 3 is 2.57 bits per heavy atom. The molecule has 1 atom stereocenters. The summed E-state index contributed by atoms with van der Waals surface area (Å²) in [6, 6.07) is 4.56. The summed E-state index contributed by atoms with van der Waals surface area (Å²) in [7, 11) is 2.79. The minimum absolute atomic E-state index is 0.0311. The van der Waals surface area contributed by atoms with Crippen molar-refractivity contribution >= 4 is 11.6 Å². The number of hydrogen-bond acceptors (Lipinski definition) is 5. The molecule has 10 heteroatoms. The van der Waals surface area contributed by atoms with E-state index in [1.807, 2.05) is 0 Å². The van der Waals surface area contributed by atoms with E-state index in [9.17, 15) is 23.1 Å². The zero-order valence-corrected chi connectivity index (χ0v) is 16.7. The maximum Gasteiger partial charge on any atom is 0.425 e. The van der Waals surface area contributed by atoms with Crippen LogP contribution < -0.4 is 14.8 Å². The van der Waals surface area contributed by atoms with Gasteiger partial charge >= 0.3 is 6.18 Å². The number of anilines is 1. The topological polar surface area (TPSA) is 85.6 Å². The third kappa shape index (κ3) is 4.53. The largest absolute Gasteiger partial charge is 0.493 e. The number of benzene rings is 1. The maximum absolute atomic E-state index is 13.6. The molecule has 1 aromatic carbocycles. The predicted molar refractivity (Wildman–Crippen MR) is 102 cm³/mol. The number of amides is 1. The quantitative estimate of drug-likeness (QED) is 0.706. The zero-order valence-electron chi connectivity index (χ0n) is 16.7. The number of rotatable bonds is 7. The second-order valence-electron chi connectivity index (χ2n) is 7.33. The van der Waals surface area contributed by atoms with E-state index >= 15 is 0 Å². The van der Waals surface area contributed by atoms with Crippen LogP contribution in [0.25, 0.3) is 0 Å². The Morgan fingerprint density at radius 2 is 2.00 bits per heavy atom. The molecule has 2 aromatic rings. The molecule has 0 saturated heterocycles. The van der Waals surface area contributed by atoms with Crippen molar-refractivity contribution in [3.63, 3.8) is 0 Å². The molecule has 1 unspecified atom stereocenters. The van der Waals surface area contributed by atoms with Gasteiger partial charge in [-0.05, 0) is 37.8 Å². The molecule has 1 aliphatic carbocycles. The van der Waals surface area contributed by atoms with E-state index < -0.39 is 29.9 Å². The molecule has 0 spiro atoms. The van der Waals surface area contributed by atoms with E-state index in [-0.39, 0.29) is 11.8 Å². The fraction of sp³-hybridized carbons (Fsp3) is 0.500. The Balaban J connectivity index is 1.78. The number of nitrogens with zero attached hydrogens (tertiary/aromatic N) is 2. The van der Waals surface area contributed by atoms with Crippen molar-refractivity contribution in [3.05, 3.63) is 36.4 Å². The van der Waals surface area contributed by atoms with Gasteiger partial charge in [-0.15, -0.1) is 0 Å². The smallest absolute Gasteiger partial charge is 0.425 e. The van der Waals surface area contributed by atoms with Crippen molar-refractivity contribution < 1.29 is 32.5 Å². The second kappa shape index (κ2) is 8.55. The van der Waals surface area contributed by atoms with Gasteiger partial charge in [-0.25, -0.2) is 4.98 Å².